The number of carbonyl (C=O) groups is 3. The van der Waals surface area contributed by atoms with E-state index in [9.17, 15) is 14.4 Å². The molecule has 0 bridgehead atoms. The second-order valence-corrected chi connectivity index (χ2v) is 11.5. The fourth-order valence-corrected chi connectivity index (χ4v) is 5.59. The molecule has 2 aromatic rings. The quantitative estimate of drug-likeness (QED) is 0.297. The van der Waals surface area contributed by atoms with Crippen LogP contribution in [0.1, 0.15) is 45.0 Å². The topological polar surface area (TPSA) is 113 Å². The first-order valence-electron chi connectivity index (χ1n) is 13.6. The average molecular weight is 578 g/mol. The van der Waals surface area contributed by atoms with E-state index in [0.717, 1.165) is 34.7 Å². The van der Waals surface area contributed by atoms with E-state index in [1.165, 1.54) is 11.3 Å². The number of carbonyl (C=O) groups excluding carboxylic acids is 3. The van der Waals surface area contributed by atoms with Gasteiger partial charge in [0.05, 0.1) is 28.4 Å². The summed E-state index contributed by atoms with van der Waals surface area (Å²) in [4.78, 5) is 45.5. The minimum Gasteiger partial charge on any atom is -0.379 e. The molecule has 1 aliphatic rings. The molecule has 0 radical (unpaired) electrons. The number of morpholine rings is 1. The number of nitrogens with one attached hydrogen (secondary N) is 3. The fourth-order valence-electron chi connectivity index (χ4n) is 4.30. The summed E-state index contributed by atoms with van der Waals surface area (Å²) in [5, 5.41) is 10.3. The lowest BCUT2D eigenvalue weighted by atomic mass is 9.98. The maximum absolute atomic E-state index is 13.5. The zero-order chi connectivity index (χ0) is 28.4. The van der Waals surface area contributed by atoms with E-state index in [1.54, 1.807) is 6.07 Å². The Hall–Kier alpha value is -2.53. The number of aromatic nitrogens is 1. The highest BCUT2D eigenvalue weighted by atomic mass is 35.5. The van der Waals surface area contributed by atoms with Gasteiger partial charge in [-0.3, -0.25) is 19.3 Å². The molecule has 3 rings (SSSR count). The van der Waals surface area contributed by atoms with Crippen LogP contribution in [0.5, 0.6) is 0 Å². The predicted molar refractivity (Wildman–Crippen MR) is 156 cm³/mol. The molecule has 1 aromatic carbocycles. The van der Waals surface area contributed by atoms with Gasteiger partial charge in [0.2, 0.25) is 17.7 Å². The normalized spacial score (nSPS) is 16.3. The lowest BCUT2D eigenvalue weighted by Crippen LogP contribution is -2.54. The molecular weight excluding hydrogens is 538 g/mol. The van der Waals surface area contributed by atoms with Gasteiger partial charge < -0.3 is 20.7 Å². The largest absolute Gasteiger partial charge is 0.379 e. The number of nitrogens with zero attached hydrogens (tertiary/aromatic N) is 2. The van der Waals surface area contributed by atoms with Crippen molar-refractivity contribution in [3.05, 3.63) is 40.4 Å². The molecule has 2 heterocycles. The molecule has 0 saturated carbocycles. The van der Waals surface area contributed by atoms with Gasteiger partial charge in [-0.1, -0.05) is 45.4 Å². The molecule has 1 aliphatic heterocycles. The van der Waals surface area contributed by atoms with E-state index >= 15 is 0 Å². The molecule has 0 aliphatic carbocycles. The van der Waals surface area contributed by atoms with Crippen molar-refractivity contribution in [2.24, 2.45) is 5.92 Å². The molecule has 11 heteroatoms. The van der Waals surface area contributed by atoms with E-state index in [4.69, 9.17) is 16.3 Å². The van der Waals surface area contributed by atoms with E-state index in [2.05, 4.69) is 32.4 Å². The monoisotopic (exact) mass is 577 g/mol. The van der Waals surface area contributed by atoms with Crippen LogP contribution in [0.4, 0.5) is 0 Å². The first kappa shape index (κ1) is 31.0. The Labute approximate surface area is 239 Å². The van der Waals surface area contributed by atoms with Crippen LogP contribution in [0.25, 0.3) is 10.2 Å². The van der Waals surface area contributed by atoms with Crippen molar-refractivity contribution in [1.29, 1.82) is 0 Å². The summed E-state index contributed by atoms with van der Waals surface area (Å²) in [6.45, 7) is 13.5. The Morgan fingerprint density at radius 2 is 1.95 bits per heavy atom. The summed E-state index contributed by atoms with van der Waals surface area (Å²) in [5.74, 6) is -0.624. The van der Waals surface area contributed by atoms with E-state index in [1.807, 2.05) is 32.9 Å². The third-order valence-corrected chi connectivity index (χ3v) is 8.16. The summed E-state index contributed by atoms with van der Waals surface area (Å²) in [6.07, 6.45) is 2.07. The molecule has 3 N–H and O–H groups in total. The Bertz CT molecular complexity index is 1150. The third kappa shape index (κ3) is 9.56. The van der Waals surface area contributed by atoms with Gasteiger partial charge in [0.15, 0.2) is 0 Å². The second-order valence-electron chi connectivity index (χ2n) is 10.00. The second kappa shape index (κ2) is 15.3. The summed E-state index contributed by atoms with van der Waals surface area (Å²) in [7, 11) is 0. The molecule has 39 heavy (non-hydrogen) atoms. The molecule has 0 spiro atoms. The van der Waals surface area contributed by atoms with Crippen LogP contribution >= 0.6 is 22.9 Å². The summed E-state index contributed by atoms with van der Waals surface area (Å²) >= 11 is 7.58. The van der Waals surface area contributed by atoms with Crippen molar-refractivity contribution in [1.82, 2.24) is 25.8 Å². The zero-order valence-corrected chi connectivity index (χ0v) is 24.6. The van der Waals surface area contributed by atoms with Crippen LogP contribution in [0, 0.1) is 5.92 Å². The van der Waals surface area contributed by atoms with Crippen LogP contribution < -0.4 is 16.0 Å². The highest BCUT2D eigenvalue weighted by molar-refractivity contribution is 7.18. The number of fused-ring (bicyclic) bond motifs is 1. The molecule has 0 unspecified atom stereocenters. The third-order valence-electron chi connectivity index (χ3n) is 6.88. The summed E-state index contributed by atoms with van der Waals surface area (Å²) in [6, 6.07) is 4.36. The van der Waals surface area contributed by atoms with Gasteiger partial charge in [0, 0.05) is 55.7 Å². The summed E-state index contributed by atoms with van der Waals surface area (Å²) in [5.41, 5.74) is 1.28. The molecule has 1 aromatic heterocycles. The Kier molecular flexibility index (Phi) is 12.2. The summed E-state index contributed by atoms with van der Waals surface area (Å²) < 4.78 is 6.29. The van der Waals surface area contributed by atoms with Crippen molar-refractivity contribution in [2.75, 3.05) is 39.4 Å². The van der Waals surface area contributed by atoms with Gasteiger partial charge in [0.1, 0.15) is 6.04 Å². The van der Waals surface area contributed by atoms with Gasteiger partial charge >= 0.3 is 0 Å². The zero-order valence-electron chi connectivity index (χ0n) is 23.1. The molecule has 1 saturated heterocycles. The molecule has 3 amide bonds. The Balaban J connectivity index is 1.66. The number of hydrogen-bond acceptors (Lipinski definition) is 7. The Morgan fingerprint density at radius 1 is 1.21 bits per heavy atom. The van der Waals surface area contributed by atoms with Crippen molar-refractivity contribution in [3.8, 4) is 0 Å². The van der Waals surface area contributed by atoms with Gasteiger partial charge in [0.25, 0.3) is 0 Å². The fraction of sp³-hybridized carbons (Fsp3) is 0.571. The number of thiazole rings is 1. The number of halogens is 1. The van der Waals surface area contributed by atoms with Crippen LogP contribution in [0.15, 0.2) is 30.4 Å². The molecule has 214 valence electrons. The van der Waals surface area contributed by atoms with E-state index in [-0.39, 0.29) is 42.6 Å². The van der Waals surface area contributed by atoms with E-state index in [0.29, 0.717) is 43.2 Å². The maximum Gasteiger partial charge on any atom is 0.247 e. The Morgan fingerprint density at radius 3 is 2.64 bits per heavy atom. The number of benzene rings is 1. The first-order chi connectivity index (χ1) is 18.7. The minimum atomic E-state index is -0.793. The smallest absolute Gasteiger partial charge is 0.247 e. The van der Waals surface area contributed by atoms with Gasteiger partial charge in [-0.2, -0.15) is 0 Å². The van der Waals surface area contributed by atoms with Crippen LogP contribution in [-0.2, 0) is 25.5 Å². The standard InChI is InChI=1S/C28H40ClN5O4S/c1-5-7-25(35)31-22(15-26-32-21-9-8-20(29)14-24(21)39-26)28(37)33-23(18(3)6-2)16-30-27(36)19(4)17-34-10-12-38-13-11-34/h8-9,14,18,22-23H,4-7,10-13,15-17H2,1-3H3,(H,30,36)(H,31,35)(H,33,37)/t18-,22-,23+/m0/s1. The SMILES string of the molecule is C=C(CN1CCOCC1)C(=O)NC[C@@H](NC(=O)[C@H](Cc1nc2ccc(Cl)cc2s1)NC(=O)CCC)[C@@H](C)CC. The highest BCUT2D eigenvalue weighted by Crippen LogP contribution is 2.26. The van der Waals surface area contributed by atoms with Crippen molar-refractivity contribution < 1.29 is 19.1 Å². The number of rotatable bonds is 14. The average Bonchev–Trinajstić information content (AvgIpc) is 3.31. The highest BCUT2D eigenvalue weighted by Gasteiger charge is 2.27. The molecule has 3 atom stereocenters. The van der Waals surface area contributed by atoms with Crippen LogP contribution in [0.3, 0.4) is 0 Å². The lowest BCUT2D eigenvalue weighted by molar-refractivity contribution is -0.129. The van der Waals surface area contributed by atoms with Gasteiger partial charge in [-0.05, 0) is 30.5 Å². The molecular formula is C28H40ClN5O4S. The van der Waals surface area contributed by atoms with Crippen LogP contribution in [-0.4, -0.2) is 79.1 Å². The number of ether oxygens (including phenoxy) is 1. The van der Waals surface area contributed by atoms with Crippen LogP contribution in [0.2, 0.25) is 5.02 Å². The number of hydrogen-bond donors (Lipinski definition) is 3. The maximum atomic E-state index is 13.5. The van der Waals surface area contributed by atoms with Crippen molar-refractivity contribution in [2.45, 2.75) is 58.5 Å². The number of amides is 3. The molecule has 9 nitrogen and oxygen atoms in total. The lowest BCUT2D eigenvalue weighted by Gasteiger charge is -2.29. The van der Waals surface area contributed by atoms with Gasteiger partial charge in [-0.15, -0.1) is 11.3 Å². The first-order valence-corrected chi connectivity index (χ1v) is 14.8. The van der Waals surface area contributed by atoms with Crippen molar-refractivity contribution in [3.63, 3.8) is 0 Å². The van der Waals surface area contributed by atoms with Gasteiger partial charge in [-0.25, -0.2) is 4.98 Å². The van der Waals surface area contributed by atoms with E-state index < -0.39 is 6.04 Å². The minimum absolute atomic E-state index is 0.0957. The molecule has 1 fully saturated rings. The predicted octanol–water partition coefficient (Wildman–Crippen LogP) is 3.31. The van der Waals surface area contributed by atoms with Crippen molar-refractivity contribution >= 4 is 50.9 Å².